The summed E-state index contributed by atoms with van der Waals surface area (Å²) in [6.45, 7) is 21.0. The molecule has 42 heavy (non-hydrogen) atoms. The lowest BCUT2D eigenvalue weighted by Gasteiger charge is -2.31. The molecule has 0 spiro atoms. The Bertz CT molecular complexity index is 1160. The molecule has 0 amide bonds. The minimum Gasteiger partial charge on any atom is -0.491 e. The quantitative estimate of drug-likeness (QED) is 0.139. The molecular formula is C36H52O6. The first-order valence-electron chi connectivity index (χ1n) is 15.2. The van der Waals surface area contributed by atoms with Crippen molar-refractivity contribution in [3.8, 4) is 11.5 Å². The summed E-state index contributed by atoms with van der Waals surface area (Å²) in [4.78, 5) is 24.3. The van der Waals surface area contributed by atoms with Crippen molar-refractivity contribution in [2.75, 3.05) is 13.2 Å². The van der Waals surface area contributed by atoms with E-state index in [1.165, 1.54) is 17.7 Å². The van der Waals surface area contributed by atoms with Crippen LogP contribution in [0.5, 0.6) is 11.5 Å². The van der Waals surface area contributed by atoms with Crippen LogP contribution in [0.4, 0.5) is 0 Å². The average Bonchev–Trinajstić information content (AvgIpc) is 2.98. The molecule has 0 bridgehead atoms. The van der Waals surface area contributed by atoms with Crippen molar-refractivity contribution in [1.29, 1.82) is 0 Å². The molecule has 0 saturated heterocycles. The van der Waals surface area contributed by atoms with Crippen LogP contribution in [0.15, 0.2) is 60.7 Å². The Labute approximate surface area is 253 Å². The van der Waals surface area contributed by atoms with Crippen molar-refractivity contribution in [2.24, 2.45) is 5.41 Å². The Morgan fingerprint density at radius 3 is 1.57 bits per heavy atom. The highest BCUT2D eigenvalue weighted by Gasteiger charge is 2.25. The number of ketones is 1. The summed E-state index contributed by atoms with van der Waals surface area (Å²) in [6.07, 6.45) is 4.67. The van der Waals surface area contributed by atoms with Gasteiger partial charge >= 0.3 is 5.97 Å². The van der Waals surface area contributed by atoms with Gasteiger partial charge in [-0.05, 0) is 81.5 Å². The number of benzene rings is 2. The van der Waals surface area contributed by atoms with E-state index in [1.54, 1.807) is 6.92 Å². The van der Waals surface area contributed by atoms with Crippen molar-refractivity contribution in [3.63, 3.8) is 0 Å². The Morgan fingerprint density at radius 2 is 1.14 bits per heavy atom. The van der Waals surface area contributed by atoms with E-state index in [0.717, 1.165) is 24.2 Å². The van der Waals surface area contributed by atoms with E-state index in [1.807, 2.05) is 45.0 Å². The first kappa shape index (κ1) is 35.1. The Balaban J connectivity index is 1.89. The van der Waals surface area contributed by atoms with Crippen LogP contribution in [0, 0.1) is 5.41 Å². The van der Waals surface area contributed by atoms with Gasteiger partial charge in [-0.25, -0.2) is 4.79 Å². The third kappa shape index (κ3) is 10.3. The van der Waals surface area contributed by atoms with Gasteiger partial charge in [0.05, 0.1) is 11.7 Å². The molecule has 2 aromatic carbocycles. The molecule has 0 saturated carbocycles. The molecule has 2 aromatic rings. The van der Waals surface area contributed by atoms with Crippen LogP contribution >= 0.6 is 0 Å². The number of ether oxygens (including phenoxy) is 4. The molecule has 2 atom stereocenters. The molecule has 0 aliphatic heterocycles. The summed E-state index contributed by atoms with van der Waals surface area (Å²) in [5.74, 6) is 0.860. The van der Waals surface area contributed by atoms with E-state index in [2.05, 4.69) is 65.8 Å². The standard InChI is InChI=1S/C36H52O6/c1-11-34(6,7)32(37)22-23-33(38)41-26(4)24-39-30-18-14-28(15-19-30)35(8,9)29-16-20-31(21-17-29)40-25-27(5)42-36(10,12-2)13-3/h14-23,26-27H,11-13,24-25H2,1-10H3/b23-22+. The van der Waals surface area contributed by atoms with Crippen molar-refractivity contribution in [1.82, 2.24) is 0 Å². The van der Waals surface area contributed by atoms with Gasteiger partial charge in [-0.3, -0.25) is 4.79 Å². The van der Waals surface area contributed by atoms with E-state index >= 15 is 0 Å². The fourth-order valence-corrected chi connectivity index (χ4v) is 4.28. The van der Waals surface area contributed by atoms with Crippen molar-refractivity contribution in [3.05, 3.63) is 71.8 Å². The van der Waals surface area contributed by atoms with Crippen LogP contribution in [0.1, 0.15) is 99.6 Å². The molecule has 6 nitrogen and oxygen atoms in total. The number of carbonyl (C=O) groups is 2. The molecule has 0 N–H and O–H groups in total. The van der Waals surface area contributed by atoms with Crippen LogP contribution < -0.4 is 9.47 Å². The molecule has 6 heteroatoms. The molecule has 2 rings (SSSR count). The molecule has 0 aliphatic rings. The molecule has 0 fully saturated rings. The second-order valence-electron chi connectivity index (χ2n) is 12.6. The maximum atomic E-state index is 12.2. The van der Waals surface area contributed by atoms with Gasteiger partial charge in [0.2, 0.25) is 0 Å². The van der Waals surface area contributed by atoms with Crippen LogP contribution in [0.3, 0.4) is 0 Å². The van der Waals surface area contributed by atoms with Crippen LogP contribution in [-0.2, 0) is 24.5 Å². The summed E-state index contributed by atoms with van der Waals surface area (Å²) in [7, 11) is 0. The number of hydrogen-bond donors (Lipinski definition) is 0. The smallest absolute Gasteiger partial charge is 0.331 e. The van der Waals surface area contributed by atoms with E-state index in [4.69, 9.17) is 18.9 Å². The van der Waals surface area contributed by atoms with Gasteiger partial charge in [-0.2, -0.15) is 0 Å². The fraction of sp³-hybridized carbons (Fsp3) is 0.556. The summed E-state index contributed by atoms with van der Waals surface area (Å²) >= 11 is 0. The molecule has 0 aliphatic carbocycles. The Hall–Kier alpha value is -3.12. The maximum Gasteiger partial charge on any atom is 0.331 e. The summed E-state index contributed by atoms with van der Waals surface area (Å²) in [5, 5.41) is 0. The van der Waals surface area contributed by atoms with E-state index in [-0.39, 0.29) is 29.5 Å². The molecule has 2 unspecified atom stereocenters. The Morgan fingerprint density at radius 1 is 0.690 bits per heavy atom. The topological polar surface area (TPSA) is 71.1 Å². The third-order valence-electron chi connectivity index (χ3n) is 8.34. The summed E-state index contributed by atoms with van der Waals surface area (Å²) < 4.78 is 23.4. The predicted molar refractivity (Wildman–Crippen MR) is 169 cm³/mol. The van der Waals surface area contributed by atoms with E-state index in [0.29, 0.717) is 18.8 Å². The van der Waals surface area contributed by atoms with Gasteiger partial charge < -0.3 is 18.9 Å². The zero-order valence-electron chi connectivity index (χ0n) is 27.4. The monoisotopic (exact) mass is 580 g/mol. The van der Waals surface area contributed by atoms with Gasteiger partial charge in [0.25, 0.3) is 0 Å². The average molecular weight is 581 g/mol. The van der Waals surface area contributed by atoms with E-state index < -0.39 is 17.5 Å². The van der Waals surface area contributed by atoms with Crippen LogP contribution in [0.2, 0.25) is 0 Å². The number of hydrogen-bond acceptors (Lipinski definition) is 6. The largest absolute Gasteiger partial charge is 0.491 e. The van der Waals surface area contributed by atoms with Gasteiger partial charge in [0.15, 0.2) is 5.78 Å². The zero-order chi connectivity index (χ0) is 31.6. The predicted octanol–water partition coefficient (Wildman–Crippen LogP) is 8.25. The van der Waals surface area contributed by atoms with Crippen LogP contribution in [0.25, 0.3) is 0 Å². The molecular weight excluding hydrogens is 528 g/mol. The normalized spacial score (nSPS) is 14.0. The van der Waals surface area contributed by atoms with Gasteiger partial charge in [-0.15, -0.1) is 0 Å². The fourth-order valence-electron chi connectivity index (χ4n) is 4.28. The van der Waals surface area contributed by atoms with E-state index in [9.17, 15) is 9.59 Å². The molecule has 0 aromatic heterocycles. The molecule has 232 valence electrons. The second kappa shape index (κ2) is 15.4. The highest BCUT2D eigenvalue weighted by Crippen LogP contribution is 2.33. The van der Waals surface area contributed by atoms with Crippen molar-refractivity contribution >= 4 is 11.8 Å². The highest BCUT2D eigenvalue weighted by atomic mass is 16.6. The van der Waals surface area contributed by atoms with Crippen molar-refractivity contribution < 1.29 is 28.5 Å². The van der Waals surface area contributed by atoms with Gasteiger partial charge in [0, 0.05) is 16.9 Å². The van der Waals surface area contributed by atoms with Crippen LogP contribution in [-0.4, -0.2) is 42.8 Å². The lowest BCUT2D eigenvalue weighted by atomic mass is 9.78. The van der Waals surface area contributed by atoms with Gasteiger partial charge in [-0.1, -0.05) is 72.7 Å². The lowest BCUT2D eigenvalue weighted by molar-refractivity contribution is -0.143. The first-order valence-corrected chi connectivity index (χ1v) is 15.2. The summed E-state index contributed by atoms with van der Waals surface area (Å²) in [5.41, 5.74) is 1.48. The first-order chi connectivity index (χ1) is 19.7. The van der Waals surface area contributed by atoms with Crippen molar-refractivity contribution in [2.45, 2.75) is 112 Å². The minimum atomic E-state index is -0.557. The number of esters is 1. The highest BCUT2D eigenvalue weighted by molar-refractivity contribution is 5.98. The second-order valence-corrected chi connectivity index (χ2v) is 12.6. The summed E-state index contributed by atoms with van der Waals surface area (Å²) in [6, 6.07) is 16.2. The Kier molecular flexibility index (Phi) is 12.8. The lowest BCUT2D eigenvalue weighted by Crippen LogP contribution is -2.34. The number of carbonyl (C=O) groups excluding carboxylic acids is 2. The number of rotatable bonds is 17. The third-order valence-corrected chi connectivity index (χ3v) is 8.34. The maximum absolute atomic E-state index is 12.2. The minimum absolute atomic E-state index is 0.00693. The molecule has 0 heterocycles. The SMILES string of the molecule is CCC(C)(CC)OC(C)COc1ccc(C(C)(C)c2ccc(OCC(C)OC(=O)/C=C/C(=O)C(C)(C)CC)cc2)cc1. The molecule has 0 radical (unpaired) electrons. The van der Waals surface area contributed by atoms with Gasteiger partial charge in [0.1, 0.15) is 30.8 Å². The number of allylic oxidation sites excluding steroid dienone is 1. The zero-order valence-corrected chi connectivity index (χ0v) is 27.4.